The molecule has 1 fully saturated rings. The second-order valence-electron chi connectivity index (χ2n) is 6.58. The number of oxazole rings is 1. The van der Waals surface area contributed by atoms with Gasteiger partial charge in [-0.1, -0.05) is 24.3 Å². The largest absolute Gasteiger partial charge is 0.423 e. The first-order chi connectivity index (χ1) is 12.7. The highest BCUT2D eigenvalue weighted by Gasteiger charge is 2.23. The fourth-order valence-corrected chi connectivity index (χ4v) is 3.77. The molecule has 6 heteroatoms. The van der Waals surface area contributed by atoms with Gasteiger partial charge >= 0.3 is 0 Å². The number of rotatable bonds is 4. The average Bonchev–Trinajstić information content (AvgIpc) is 3.11. The number of halogens is 1. The number of anilines is 1. The fourth-order valence-electron chi connectivity index (χ4n) is 3.30. The van der Waals surface area contributed by atoms with Crippen molar-refractivity contribution < 1.29 is 9.21 Å². The van der Waals surface area contributed by atoms with Gasteiger partial charge in [-0.05, 0) is 59.0 Å². The summed E-state index contributed by atoms with van der Waals surface area (Å²) in [4.78, 5) is 19.1. The minimum atomic E-state index is -0.0288. The van der Waals surface area contributed by atoms with E-state index < -0.39 is 0 Å². The molecule has 1 aliphatic rings. The molecule has 26 heavy (non-hydrogen) atoms. The topological polar surface area (TPSA) is 58.4 Å². The molecule has 5 nitrogen and oxygen atoms in total. The van der Waals surface area contributed by atoms with Gasteiger partial charge in [0.25, 0.3) is 11.9 Å². The summed E-state index contributed by atoms with van der Waals surface area (Å²) in [6.45, 7) is 2.48. The van der Waals surface area contributed by atoms with Gasteiger partial charge in [-0.25, -0.2) is 0 Å². The summed E-state index contributed by atoms with van der Waals surface area (Å²) in [6.07, 6.45) is 2.02. The Balaban J connectivity index is 1.31. The number of hydrogen-bond acceptors (Lipinski definition) is 4. The quantitative estimate of drug-likeness (QED) is 0.694. The number of aromatic nitrogens is 1. The molecule has 0 spiro atoms. The molecule has 0 atom stereocenters. The van der Waals surface area contributed by atoms with Crippen molar-refractivity contribution in [2.45, 2.75) is 12.8 Å². The smallest absolute Gasteiger partial charge is 0.298 e. The van der Waals surface area contributed by atoms with Crippen molar-refractivity contribution in [1.29, 1.82) is 0 Å². The Labute approximate surface area is 160 Å². The van der Waals surface area contributed by atoms with Gasteiger partial charge in [0.15, 0.2) is 5.58 Å². The number of carbonyl (C=O) groups excluding carboxylic acids is 1. The van der Waals surface area contributed by atoms with E-state index in [1.54, 1.807) is 0 Å². The van der Waals surface area contributed by atoms with E-state index in [4.69, 9.17) is 4.42 Å². The van der Waals surface area contributed by atoms with Crippen LogP contribution in [0, 0.1) is 5.92 Å². The maximum atomic E-state index is 12.3. The van der Waals surface area contributed by atoms with E-state index in [9.17, 15) is 4.79 Å². The number of piperidine rings is 1. The van der Waals surface area contributed by atoms with E-state index in [0.29, 0.717) is 24.0 Å². The summed E-state index contributed by atoms with van der Waals surface area (Å²) in [5.74, 6) is 0.445. The number of nitrogens with one attached hydrogen (secondary N) is 1. The monoisotopic (exact) mass is 413 g/mol. The third-order valence-electron chi connectivity index (χ3n) is 4.84. The maximum absolute atomic E-state index is 12.3. The molecular weight excluding hydrogens is 394 g/mol. The van der Waals surface area contributed by atoms with Gasteiger partial charge in [0.2, 0.25) is 0 Å². The van der Waals surface area contributed by atoms with Crippen LogP contribution in [0.3, 0.4) is 0 Å². The van der Waals surface area contributed by atoms with E-state index in [2.05, 4.69) is 31.1 Å². The standard InChI is InChI=1S/C20H20BrN3O2/c21-16-6-2-1-5-15(16)19(25)22-13-14-9-11-24(12-10-14)20-23-17-7-3-4-8-18(17)26-20/h1-8,14H,9-13H2,(H,22,25). The summed E-state index contributed by atoms with van der Waals surface area (Å²) in [7, 11) is 0. The zero-order valence-electron chi connectivity index (χ0n) is 14.3. The lowest BCUT2D eigenvalue weighted by atomic mass is 9.97. The summed E-state index contributed by atoms with van der Waals surface area (Å²) in [6, 6.07) is 16.0. The summed E-state index contributed by atoms with van der Waals surface area (Å²) >= 11 is 3.43. The predicted octanol–water partition coefficient (Wildman–Crippen LogP) is 4.24. The van der Waals surface area contributed by atoms with E-state index in [-0.39, 0.29) is 5.91 Å². The third-order valence-corrected chi connectivity index (χ3v) is 5.53. The Morgan fingerprint density at radius 3 is 2.65 bits per heavy atom. The first-order valence-electron chi connectivity index (χ1n) is 8.84. The van der Waals surface area contributed by atoms with E-state index >= 15 is 0 Å². The lowest BCUT2D eigenvalue weighted by molar-refractivity contribution is 0.0944. The van der Waals surface area contributed by atoms with Gasteiger partial charge in [0, 0.05) is 24.1 Å². The SMILES string of the molecule is O=C(NCC1CCN(c2nc3ccccc3o2)CC1)c1ccccc1Br. The van der Waals surface area contributed by atoms with Crippen molar-refractivity contribution in [2.75, 3.05) is 24.5 Å². The summed E-state index contributed by atoms with van der Waals surface area (Å²) < 4.78 is 6.67. The molecule has 2 aromatic carbocycles. The van der Waals surface area contributed by atoms with Crippen LogP contribution in [0.25, 0.3) is 11.1 Å². The van der Waals surface area contributed by atoms with Crippen LogP contribution in [0.4, 0.5) is 6.01 Å². The number of nitrogens with zero attached hydrogens (tertiary/aromatic N) is 2. The lowest BCUT2D eigenvalue weighted by Gasteiger charge is -2.30. The molecule has 1 aliphatic heterocycles. The molecule has 1 saturated heterocycles. The predicted molar refractivity (Wildman–Crippen MR) is 105 cm³/mol. The molecule has 0 radical (unpaired) electrons. The Bertz CT molecular complexity index is 883. The molecule has 0 bridgehead atoms. The molecule has 134 valence electrons. The zero-order valence-corrected chi connectivity index (χ0v) is 15.9. The Kier molecular flexibility index (Phi) is 4.93. The molecule has 4 rings (SSSR count). The van der Waals surface area contributed by atoms with Crippen LogP contribution in [0.15, 0.2) is 57.4 Å². The highest BCUT2D eigenvalue weighted by Crippen LogP contribution is 2.26. The van der Waals surface area contributed by atoms with Crippen molar-refractivity contribution in [1.82, 2.24) is 10.3 Å². The van der Waals surface area contributed by atoms with Crippen LogP contribution in [0.1, 0.15) is 23.2 Å². The third kappa shape index (κ3) is 3.60. The number of carbonyl (C=O) groups is 1. The van der Waals surface area contributed by atoms with Gasteiger partial charge in [0.05, 0.1) is 5.56 Å². The van der Waals surface area contributed by atoms with Crippen molar-refractivity contribution >= 4 is 39.0 Å². The van der Waals surface area contributed by atoms with Crippen LogP contribution in [0.5, 0.6) is 0 Å². The van der Waals surface area contributed by atoms with Crippen LogP contribution < -0.4 is 10.2 Å². The first kappa shape index (κ1) is 17.1. The van der Waals surface area contributed by atoms with Gasteiger partial charge in [-0.3, -0.25) is 4.79 Å². The molecule has 3 aromatic rings. The van der Waals surface area contributed by atoms with Crippen molar-refractivity contribution in [3.05, 3.63) is 58.6 Å². The second kappa shape index (κ2) is 7.50. The van der Waals surface area contributed by atoms with Crippen LogP contribution in [0.2, 0.25) is 0 Å². The van der Waals surface area contributed by atoms with Gasteiger partial charge in [0.1, 0.15) is 5.52 Å². The molecule has 0 aliphatic carbocycles. The van der Waals surface area contributed by atoms with Crippen molar-refractivity contribution in [3.63, 3.8) is 0 Å². The molecule has 2 heterocycles. The highest BCUT2D eigenvalue weighted by atomic mass is 79.9. The lowest BCUT2D eigenvalue weighted by Crippen LogP contribution is -2.38. The van der Waals surface area contributed by atoms with E-state index in [1.807, 2.05) is 48.5 Å². The number of para-hydroxylation sites is 2. The summed E-state index contributed by atoms with van der Waals surface area (Å²) in [5, 5.41) is 3.06. The molecule has 1 aromatic heterocycles. The molecule has 1 amide bonds. The van der Waals surface area contributed by atoms with Crippen LogP contribution >= 0.6 is 15.9 Å². The minimum absolute atomic E-state index is 0.0288. The second-order valence-corrected chi connectivity index (χ2v) is 7.44. The fraction of sp³-hybridized carbons (Fsp3) is 0.300. The summed E-state index contributed by atoms with van der Waals surface area (Å²) in [5.41, 5.74) is 2.40. The highest BCUT2D eigenvalue weighted by molar-refractivity contribution is 9.10. The number of hydrogen-bond donors (Lipinski definition) is 1. The number of fused-ring (bicyclic) bond motifs is 1. The Morgan fingerprint density at radius 1 is 1.15 bits per heavy atom. The molecular formula is C20H20BrN3O2. The van der Waals surface area contributed by atoms with Crippen LogP contribution in [-0.4, -0.2) is 30.5 Å². The molecule has 0 saturated carbocycles. The first-order valence-corrected chi connectivity index (χ1v) is 9.63. The van der Waals surface area contributed by atoms with E-state index in [0.717, 1.165) is 41.5 Å². The molecule has 1 N–H and O–H groups in total. The number of amides is 1. The Morgan fingerprint density at radius 2 is 1.88 bits per heavy atom. The van der Waals surface area contributed by atoms with Gasteiger partial charge in [-0.2, -0.15) is 4.98 Å². The van der Waals surface area contributed by atoms with Crippen molar-refractivity contribution in [2.24, 2.45) is 5.92 Å². The zero-order chi connectivity index (χ0) is 17.9. The molecule has 0 unspecified atom stereocenters. The normalized spacial score (nSPS) is 15.3. The average molecular weight is 414 g/mol. The van der Waals surface area contributed by atoms with Crippen molar-refractivity contribution in [3.8, 4) is 0 Å². The van der Waals surface area contributed by atoms with Gasteiger partial charge < -0.3 is 14.6 Å². The number of benzene rings is 2. The van der Waals surface area contributed by atoms with Gasteiger partial charge in [-0.15, -0.1) is 0 Å². The Hall–Kier alpha value is -2.34. The van der Waals surface area contributed by atoms with Crippen LogP contribution in [-0.2, 0) is 0 Å². The van der Waals surface area contributed by atoms with E-state index in [1.165, 1.54) is 0 Å². The maximum Gasteiger partial charge on any atom is 0.298 e. The minimum Gasteiger partial charge on any atom is -0.423 e.